The van der Waals surface area contributed by atoms with Crippen LogP contribution in [0.5, 0.6) is 0 Å². The molecule has 2 aromatic heterocycles. The van der Waals surface area contributed by atoms with Gasteiger partial charge in [0.25, 0.3) is 0 Å². The van der Waals surface area contributed by atoms with Gasteiger partial charge in [0.15, 0.2) is 0 Å². The summed E-state index contributed by atoms with van der Waals surface area (Å²) in [6.07, 6.45) is 2.11. The Morgan fingerprint density at radius 1 is 1.30 bits per heavy atom. The fourth-order valence-electron chi connectivity index (χ4n) is 3.15. The molecule has 1 N–H and O–H groups in total. The number of benzene rings is 1. The number of hydrogen-bond donors (Lipinski definition) is 1. The van der Waals surface area contributed by atoms with E-state index >= 15 is 0 Å². The summed E-state index contributed by atoms with van der Waals surface area (Å²) in [7, 11) is 0. The lowest BCUT2D eigenvalue weighted by atomic mass is 9.96. The predicted molar refractivity (Wildman–Crippen MR) is 87.9 cm³/mol. The fourth-order valence-corrected chi connectivity index (χ4v) is 3.90. The van der Waals surface area contributed by atoms with Crippen LogP contribution in [0.1, 0.15) is 34.6 Å². The number of hydrogen-bond acceptors (Lipinski definition) is 5. The Hall–Kier alpha value is -1.86. The Balaban J connectivity index is 1.42. The summed E-state index contributed by atoms with van der Waals surface area (Å²) in [5.74, 6) is 1.17. The number of nitrogens with zero attached hydrogens (tertiary/aromatic N) is 4. The van der Waals surface area contributed by atoms with E-state index in [4.69, 9.17) is 0 Å². The van der Waals surface area contributed by atoms with Crippen molar-refractivity contribution in [1.82, 2.24) is 25.1 Å². The summed E-state index contributed by atoms with van der Waals surface area (Å²) in [6, 6.07) is 4.70. The average molecular weight is 331 g/mol. The van der Waals surface area contributed by atoms with Gasteiger partial charge in [-0.05, 0) is 51.1 Å². The molecule has 3 heterocycles. The fraction of sp³-hybridized carbons (Fsp3) is 0.438. The van der Waals surface area contributed by atoms with Crippen molar-refractivity contribution in [2.24, 2.45) is 0 Å². The van der Waals surface area contributed by atoms with Crippen molar-refractivity contribution in [2.75, 3.05) is 13.1 Å². The summed E-state index contributed by atoms with van der Waals surface area (Å²) >= 11 is 1.66. The van der Waals surface area contributed by atoms with E-state index in [0.29, 0.717) is 5.92 Å². The Bertz CT molecular complexity index is 819. The zero-order valence-electron chi connectivity index (χ0n) is 12.9. The van der Waals surface area contributed by atoms with Crippen molar-refractivity contribution < 1.29 is 4.39 Å². The molecule has 0 bridgehead atoms. The summed E-state index contributed by atoms with van der Waals surface area (Å²) in [5.41, 5.74) is 1.62. The van der Waals surface area contributed by atoms with Crippen molar-refractivity contribution in [2.45, 2.75) is 32.2 Å². The maximum absolute atomic E-state index is 13.3. The molecule has 3 aromatic rings. The van der Waals surface area contributed by atoms with Crippen molar-refractivity contribution >= 4 is 22.4 Å². The van der Waals surface area contributed by atoms with Crippen LogP contribution in [0.4, 0.5) is 4.39 Å². The van der Waals surface area contributed by atoms with E-state index in [1.165, 1.54) is 12.1 Å². The van der Waals surface area contributed by atoms with Gasteiger partial charge in [-0.25, -0.2) is 9.37 Å². The van der Waals surface area contributed by atoms with Crippen LogP contribution in [0.25, 0.3) is 11.0 Å². The van der Waals surface area contributed by atoms with Gasteiger partial charge in [-0.3, -0.25) is 4.90 Å². The van der Waals surface area contributed by atoms with Crippen LogP contribution in [0, 0.1) is 12.7 Å². The standard InChI is InChI=1S/C16H18FN5S/c1-10-20-21-15(23-10)9-22-6-4-11(5-7-22)16-18-13-3-2-12(17)8-14(13)19-16/h2-3,8,11H,4-7,9H2,1H3,(H,18,19). The lowest BCUT2D eigenvalue weighted by molar-refractivity contribution is 0.201. The molecule has 1 aliphatic rings. The third-order valence-corrected chi connectivity index (χ3v) is 5.19. The van der Waals surface area contributed by atoms with Crippen LogP contribution in [-0.2, 0) is 6.54 Å². The number of likely N-dealkylation sites (tertiary alicyclic amines) is 1. The highest BCUT2D eigenvalue weighted by atomic mass is 32.1. The number of nitrogens with one attached hydrogen (secondary N) is 1. The number of halogens is 1. The Kier molecular flexibility index (Phi) is 3.82. The monoisotopic (exact) mass is 331 g/mol. The van der Waals surface area contributed by atoms with Gasteiger partial charge in [-0.1, -0.05) is 0 Å². The first kappa shape index (κ1) is 14.7. The number of imidazole rings is 1. The van der Waals surface area contributed by atoms with Gasteiger partial charge in [0, 0.05) is 5.92 Å². The first-order valence-corrected chi connectivity index (χ1v) is 8.65. The molecule has 0 aliphatic carbocycles. The van der Waals surface area contributed by atoms with Gasteiger partial charge in [0.1, 0.15) is 21.7 Å². The molecule has 1 aromatic carbocycles. The largest absolute Gasteiger partial charge is 0.342 e. The third kappa shape index (κ3) is 3.11. The summed E-state index contributed by atoms with van der Waals surface area (Å²) in [6.45, 7) is 4.91. The summed E-state index contributed by atoms with van der Waals surface area (Å²) < 4.78 is 13.3. The molecular weight excluding hydrogens is 313 g/mol. The van der Waals surface area contributed by atoms with Crippen molar-refractivity contribution in [3.8, 4) is 0 Å². The molecule has 0 unspecified atom stereocenters. The maximum Gasteiger partial charge on any atom is 0.131 e. The number of aromatic amines is 1. The molecule has 0 radical (unpaired) electrons. The van der Waals surface area contributed by atoms with Gasteiger partial charge in [0.2, 0.25) is 0 Å². The second-order valence-corrected chi connectivity index (χ2v) is 7.31. The van der Waals surface area contributed by atoms with Crippen molar-refractivity contribution in [3.05, 3.63) is 39.9 Å². The van der Waals surface area contributed by atoms with E-state index in [2.05, 4.69) is 25.1 Å². The minimum Gasteiger partial charge on any atom is -0.342 e. The number of aryl methyl sites for hydroxylation is 1. The van der Waals surface area contributed by atoms with E-state index in [1.54, 1.807) is 17.4 Å². The summed E-state index contributed by atoms with van der Waals surface area (Å²) in [4.78, 5) is 10.3. The molecule has 5 nitrogen and oxygen atoms in total. The zero-order valence-corrected chi connectivity index (χ0v) is 13.7. The SMILES string of the molecule is Cc1nnc(CN2CCC(c3nc4ccc(F)cc4[nH]3)CC2)s1. The predicted octanol–water partition coefficient (Wildman–Crippen LogP) is 3.24. The van der Waals surface area contributed by atoms with Crippen molar-refractivity contribution in [1.29, 1.82) is 0 Å². The minimum absolute atomic E-state index is 0.227. The van der Waals surface area contributed by atoms with Crippen LogP contribution in [0.3, 0.4) is 0 Å². The van der Waals surface area contributed by atoms with Gasteiger partial charge in [-0.15, -0.1) is 21.5 Å². The highest BCUT2D eigenvalue weighted by Crippen LogP contribution is 2.28. The second-order valence-electron chi connectivity index (χ2n) is 6.05. The third-order valence-electron chi connectivity index (χ3n) is 4.36. The first-order chi connectivity index (χ1) is 11.2. The molecule has 23 heavy (non-hydrogen) atoms. The Morgan fingerprint density at radius 3 is 2.87 bits per heavy atom. The van der Waals surface area contributed by atoms with E-state index in [9.17, 15) is 4.39 Å². The van der Waals surface area contributed by atoms with Crippen LogP contribution in [-0.4, -0.2) is 38.2 Å². The highest BCUT2D eigenvalue weighted by Gasteiger charge is 2.23. The Labute approximate surface area is 137 Å². The number of piperidine rings is 1. The minimum atomic E-state index is -0.227. The molecule has 4 rings (SSSR count). The molecule has 120 valence electrons. The molecule has 0 atom stereocenters. The first-order valence-electron chi connectivity index (χ1n) is 7.84. The van der Waals surface area contributed by atoms with E-state index in [-0.39, 0.29) is 5.82 Å². The lowest BCUT2D eigenvalue weighted by Crippen LogP contribution is -2.32. The number of aromatic nitrogens is 4. The second kappa shape index (κ2) is 5.98. The van der Waals surface area contributed by atoms with Crippen LogP contribution < -0.4 is 0 Å². The van der Waals surface area contributed by atoms with Crippen LogP contribution >= 0.6 is 11.3 Å². The Morgan fingerprint density at radius 2 is 2.13 bits per heavy atom. The quantitative estimate of drug-likeness (QED) is 0.800. The van der Waals surface area contributed by atoms with Gasteiger partial charge < -0.3 is 4.98 Å². The van der Waals surface area contributed by atoms with Crippen LogP contribution in [0.15, 0.2) is 18.2 Å². The molecule has 1 fully saturated rings. The molecule has 1 aliphatic heterocycles. The van der Waals surface area contributed by atoms with Crippen molar-refractivity contribution in [3.63, 3.8) is 0 Å². The van der Waals surface area contributed by atoms with E-state index in [1.807, 2.05) is 6.92 Å². The number of rotatable bonds is 3. The molecule has 0 spiro atoms. The highest BCUT2D eigenvalue weighted by molar-refractivity contribution is 7.11. The average Bonchev–Trinajstić information content (AvgIpc) is 3.14. The number of fused-ring (bicyclic) bond motifs is 1. The zero-order chi connectivity index (χ0) is 15.8. The molecule has 0 saturated carbocycles. The topological polar surface area (TPSA) is 57.7 Å². The number of H-pyrrole nitrogens is 1. The maximum atomic E-state index is 13.3. The van der Waals surface area contributed by atoms with Gasteiger partial charge >= 0.3 is 0 Å². The molecular formula is C16H18FN5S. The van der Waals surface area contributed by atoms with Gasteiger partial charge in [-0.2, -0.15) is 0 Å². The summed E-state index contributed by atoms with van der Waals surface area (Å²) in [5, 5.41) is 10.4. The molecule has 1 saturated heterocycles. The molecule has 0 amide bonds. The molecule has 7 heteroatoms. The normalized spacial score (nSPS) is 17.1. The van der Waals surface area contributed by atoms with E-state index < -0.39 is 0 Å². The van der Waals surface area contributed by atoms with E-state index in [0.717, 1.165) is 59.3 Å². The lowest BCUT2D eigenvalue weighted by Gasteiger charge is -2.30. The smallest absolute Gasteiger partial charge is 0.131 e. The van der Waals surface area contributed by atoms with Gasteiger partial charge in [0.05, 0.1) is 17.6 Å². The van der Waals surface area contributed by atoms with Crippen LogP contribution in [0.2, 0.25) is 0 Å².